The molecule has 140 valence electrons. The minimum atomic E-state index is -4.55. The number of halogens is 3. The molecule has 0 unspecified atom stereocenters. The van der Waals surface area contributed by atoms with Crippen LogP contribution < -0.4 is 10.2 Å². The lowest BCUT2D eigenvalue weighted by Gasteiger charge is -2.20. The number of anilines is 2. The molecule has 0 aliphatic rings. The number of benzene rings is 1. The van der Waals surface area contributed by atoms with Crippen molar-refractivity contribution in [2.75, 3.05) is 30.4 Å². The van der Waals surface area contributed by atoms with Crippen molar-refractivity contribution in [3.8, 4) is 11.4 Å². The van der Waals surface area contributed by atoms with E-state index in [1.54, 1.807) is 12.1 Å². The molecule has 0 saturated heterocycles. The Kier molecular flexibility index (Phi) is 5.54. The third kappa shape index (κ3) is 4.93. The molecule has 3 rings (SSSR count). The van der Waals surface area contributed by atoms with Crippen LogP contribution in [0.15, 0.2) is 60.9 Å². The first kappa shape index (κ1) is 18.6. The first-order valence-corrected chi connectivity index (χ1v) is 8.30. The van der Waals surface area contributed by atoms with Crippen LogP contribution in [0.1, 0.15) is 5.69 Å². The average molecular weight is 373 g/mol. The Morgan fingerprint density at radius 3 is 2.37 bits per heavy atom. The summed E-state index contributed by atoms with van der Waals surface area (Å²) in [6.07, 6.45) is -1.58. The van der Waals surface area contributed by atoms with Crippen LogP contribution in [0.4, 0.5) is 24.7 Å². The van der Waals surface area contributed by atoms with Gasteiger partial charge in [-0.25, -0.2) is 9.97 Å². The van der Waals surface area contributed by atoms with E-state index in [2.05, 4.69) is 20.3 Å². The summed E-state index contributed by atoms with van der Waals surface area (Å²) in [6.45, 7) is 1.02. The van der Waals surface area contributed by atoms with Crippen LogP contribution in [0, 0.1) is 0 Å². The standard InChI is InChI=1S/C19H18F3N5/c1-27(15-5-3-2-4-6-15)12-11-24-17-13-16(19(20,21)22)25-18(26-17)14-7-9-23-10-8-14/h2-10,13H,11-12H2,1H3,(H,24,25,26). The molecule has 0 bridgehead atoms. The average Bonchev–Trinajstić information content (AvgIpc) is 2.68. The Morgan fingerprint density at radius 2 is 1.70 bits per heavy atom. The van der Waals surface area contributed by atoms with Gasteiger partial charge in [-0.1, -0.05) is 18.2 Å². The molecule has 27 heavy (non-hydrogen) atoms. The fourth-order valence-corrected chi connectivity index (χ4v) is 2.48. The number of aromatic nitrogens is 3. The van der Waals surface area contributed by atoms with Crippen LogP contribution in [-0.2, 0) is 6.18 Å². The Morgan fingerprint density at radius 1 is 1.00 bits per heavy atom. The van der Waals surface area contributed by atoms with Crippen molar-refractivity contribution in [2.45, 2.75) is 6.18 Å². The van der Waals surface area contributed by atoms with E-state index in [4.69, 9.17) is 0 Å². The zero-order chi connectivity index (χ0) is 19.3. The number of nitrogens with one attached hydrogen (secondary N) is 1. The molecule has 8 heteroatoms. The van der Waals surface area contributed by atoms with Gasteiger partial charge in [0.25, 0.3) is 0 Å². The predicted molar refractivity (Wildman–Crippen MR) is 98.5 cm³/mol. The van der Waals surface area contributed by atoms with Gasteiger partial charge in [0.05, 0.1) is 0 Å². The number of hydrogen-bond donors (Lipinski definition) is 1. The lowest BCUT2D eigenvalue weighted by Crippen LogP contribution is -2.25. The molecule has 0 atom stereocenters. The zero-order valence-corrected chi connectivity index (χ0v) is 14.6. The SMILES string of the molecule is CN(CCNc1cc(C(F)(F)F)nc(-c2ccncc2)n1)c1ccccc1. The van der Waals surface area contributed by atoms with Crippen molar-refractivity contribution in [2.24, 2.45) is 0 Å². The Hall–Kier alpha value is -3.16. The van der Waals surface area contributed by atoms with E-state index in [-0.39, 0.29) is 11.6 Å². The summed E-state index contributed by atoms with van der Waals surface area (Å²) in [5, 5.41) is 2.96. The van der Waals surface area contributed by atoms with Gasteiger partial charge in [0, 0.05) is 49.8 Å². The van der Waals surface area contributed by atoms with Gasteiger partial charge in [0.15, 0.2) is 11.5 Å². The number of hydrogen-bond acceptors (Lipinski definition) is 5. The van der Waals surface area contributed by atoms with Crippen LogP contribution in [0.3, 0.4) is 0 Å². The van der Waals surface area contributed by atoms with E-state index >= 15 is 0 Å². The summed E-state index contributed by atoms with van der Waals surface area (Å²) in [5.41, 5.74) is 0.513. The fourth-order valence-electron chi connectivity index (χ4n) is 2.48. The van der Waals surface area contributed by atoms with E-state index in [0.717, 1.165) is 11.8 Å². The lowest BCUT2D eigenvalue weighted by molar-refractivity contribution is -0.141. The van der Waals surface area contributed by atoms with Crippen molar-refractivity contribution in [1.82, 2.24) is 15.0 Å². The molecular weight excluding hydrogens is 355 g/mol. The summed E-state index contributed by atoms with van der Waals surface area (Å²) >= 11 is 0. The molecule has 0 amide bonds. The van der Waals surface area contributed by atoms with Crippen molar-refractivity contribution < 1.29 is 13.2 Å². The van der Waals surface area contributed by atoms with E-state index < -0.39 is 11.9 Å². The molecule has 1 aromatic carbocycles. The summed E-state index contributed by atoms with van der Waals surface area (Å²) in [7, 11) is 1.92. The highest BCUT2D eigenvalue weighted by molar-refractivity contribution is 5.57. The molecule has 2 aromatic heterocycles. The minimum absolute atomic E-state index is 0.00568. The molecular formula is C19H18F3N5. The molecule has 2 heterocycles. The van der Waals surface area contributed by atoms with E-state index in [1.165, 1.54) is 12.4 Å². The predicted octanol–water partition coefficient (Wildman–Crippen LogP) is 4.11. The van der Waals surface area contributed by atoms with Crippen LogP contribution in [0.5, 0.6) is 0 Å². The Balaban J connectivity index is 1.76. The Bertz CT molecular complexity index is 870. The van der Waals surface area contributed by atoms with Crippen molar-refractivity contribution in [3.63, 3.8) is 0 Å². The lowest BCUT2D eigenvalue weighted by atomic mass is 10.2. The maximum Gasteiger partial charge on any atom is 0.433 e. The summed E-state index contributed by atoms with van der Waals surface area (Å²) in [5.74, 6) is 0.136. The number of pyridine rings is 1. The van der Waals surface area contributed by atoms with Gasteiger partial charge in [-0.2, -0.15) is 13.2 Å². The molecule has 5 nitrogen and oxygen atoms in total. The highest BCUT2D eigenvalue weighted by Crippen LogP contribution is 2.30. The molecule has 0 saturated carbocycles. The molecule has 3 aromatic rings. The fraction of sp³-hybridized carbons (Fsp3) is 0.211. The van der Waals surface area contributed by atoms with Crippen molar-refractivity contribution >= 4 is 11.5 Å². The number of rotatable bonds is 6. The van der Waals surface area contributed by atoms with Gasteiger partial charge < -0.3 is 10.2 Å². The molecule has 0 radical (unpaired) electrons. The van der Waals surface area contributed by atoms with Gasteiger partial charge in [-0.3, -0.25) is 4.98 Å². The third-order valence-electron chi connectivity index (χ3n) is 3.91. The summed E-state index contributed by atoms with van der Waals surface area (Å²) in [6, 6.07) is 13.8. The van der Waals surface area contributed by atoms with Gasteiger partial charge in [0.2, 0.25) is 0 Å². The number of likely N-dealkylation sites (N-methyl/N-ethyl adjacent to an activating group) is 1. The van der Waals surface area contributed by atoms with Crippen LogP contribution in [0.25, 0.3) is 11.4 Å². The number of nitrogens with zero attached hydrogens (tertiary/aromatic N) is 4. The van der Waals surface area contributed by atoms with E-state index in [9.17, 15) is 13.2 Å². The Labute approximate surface area is 154 Å². The number of para-hydroxylation sites is 1. The second kappa shape index (κ2) is 8.03. The second-order valence-electron chi connectivity index (χ2n) is 5.88. The van der Waals surface area contributed by atoms with Crippen LogP contribution in [-0.4, -0.2) is 35.1 Å². The summed E-state index contributed by atoms with van der Waals surface area (Å²) < 4.78 is 39.6. The molecule has 0 spiro atoms. The quantitative estimate of drug-likeness (QED) is 0.705. The molecule has 0 aliphatic carbocycles. The van der Waals surface area contributed by atoms with Gasteiger partial charge in [-0.15, -0.1) is 0 Å². The van der Waals surface area contributed by atoms with Crippen molar-refractivity contribution in [1.29, 1.82) is 0 Å². The smallest absolute Gasteiger partial charge is 0.373 e. The topological polar surface area (TPSA) is 53.9 Å². The minimum Gasteiger partial charge on any atom is -0.373 e. The first-order valence-electron chi connectivity index (χ1n) is 8.30. The van der Waals surface area contributed by atoms with Gasteiger partial charge in [-0.05, 0) is 24.3 Å². The molecule has 1 N–H and O–H groups in total. The zero-order valence-electron chi connectivity index (χ0n) is 14.6. The normalized spacial score (nSPS) is 11.3. The summed E-state index contributed by atoms with van der Waals surface area (Å²) in [4.78, 5) is 13.7. The van der Waals surface area contributed by atoms with Gasteiger partial charge in [0.1, 0.15) is 5.82 Å². The van der Waals surface area contributed by atoms with Gasteiger partial charge >= 0.3 is 6.18 Å². The number of alkyl halides is 3. The first-order chi connectivity index (χ1) is 12.9. The maximum atomic E-state index is 13.2. The molecule has 0 aliphatic heterocycles. The van der Waals surface area contributed by atoms with Crippen LogP contribution >= 0.6 is 0 Å². The van der Waals surface area contributed by atoms with E-state index in [0.29, 0.717) is 18.7 Å². The van der Waals surface area contributed by atoms with Crippen molar-refractivity contribution in [3.05, 3.63) is 66.6 Å². The van der Waals surface area contributed by atoms with E-state index in [1.807, 2.05) is 42.3 Å². The highest BCUT2D eigenvalue weighted by atomic mass is 19.4. The second-order valence-corrected chi connectivity index (χ2v) is 5.88. The highest BCUT2D eigenvalue weighted by Gasteiger charge is 2.33. The molecule has 0 fully saturated rings. The maximum absolute atomic E-state index is 13.2. The monoisotopic (exact) mass is 373 g/mol. The largest absolute Gasteiger partial charge is 0.433 e. The van der Waals surface area contributed by atoms with Crippen LogP contribution in [0.2, 0.25) is 0 Å². The third-order valence-corrected chi connectivity index (χ3v) is 3.91.